The van der Waals surface area contributed by atoms with Gasteiger partial charge in [-0.05, 0) is 25.5 Å². The fourth-order valence-corrected chi connectivity index (χ4v) is 2.39. The SMILES string of the molecule is Br.CCN1C2=NCCCN2c2ccccc21. The Bertz CT molecular complexity index is 401. The Kier molecular flexibility index (Phi) is 3.19. The van der Waals surface area contributed by atoms with E-state index in [1.807, 2.05) is 0 Å². The second-order valence-corrected chi connectivity index (χ2v) is 3.92. The number of hydrogen-bond acceptors (Lipinski definition) is 3. The van der Waals surface area contributed by atoms with E-state index in [1.165, 1.54) is 11.4 Å². The maximum atomic E-state index is 4.63. The van der Waals surface area contributed by atoms with Crippen LogP contribution in [0.3, 0.4) is 0 Å². The molecule has 86 valence electrons. The number of rotatable bonds is 1. The van der Waals surface area contributed by atoms with Crippen LogP contribution in [0.4, 0.5) is 11.4 Å². The summed E-state index contributed by atoms with van der Waals surface area (Å²) >= 11 is 0. The van der Waals surface area contributed by atoms with Crippen molar-refractivity contribution in [2.45, 2.75) is 13.3 Å². The van der Waals surface area contributed by atoms with Gasteiger partial charge in [0.15, 0.2) is 0 Å². The molecule has 3 nitrogen and oxygen atoms in total. The normalized spacial score (nSPS) is 17.4. The summed E-state index contributed by atoms with van der Waals surface area (Å²) in [6.45, 7) is 5.24. The highest BCUT2D eigenvalue weighted by atomic mass is 79.9. The highest BCUT2D eigenvalue weighted by Crippen LogP contribution is 2.37. The third-order valence-electron chi connectivity index (χ3n) is 3.06. The van der Waals surface area contributed by atoms with E-state index in [0.717, 1.165) is 32.0 Å². The van der Waals surface area contributed by atoms with Gasteiger partial charge in [0, 0.05) is 19.6 Å². The molecule has 16 heavy (non-hydrogen) atoms. The fourth-order valence-electron chi connectivity index (χ4n) is 2.39. The molecule has 0 fully saturated rings. The van der Waals surface area contributed by atoms with Crippen LogP contribution in [0.1, 0.15) is 13.3 Å². The van der Waals surface area contributed by atoms with E-state index in [0.29, 0.717) is 0 Å². The van der Waals surface area contributed by atoms with Gasteiger partial charge >= 0.3 is 0 Å². The first kappa shape index (κ1) is 11.5. The number of benzene rings is 1. The summed E-state index contributed by atoms with van der Waals surface area (Å²) in [5.74, 6) is 1.14. The zero-order chi connectivity index (χ0) is 10.3. The molecule has 4 heteroatoms. The molecule has 0 N–H and O–H groups in total. The van der Waals surface area contributed by atoms with Crippen molar-refractivity contribution in [1.29, 1.82) is 0 Å². The Balaban J connectivity index is 0.000000963. The number of para-hydroxylation sites is 2. The molecule has 0 unspecified atom stereocenters. The van der Waals surface area contributed by atoms with Crippen molar-refractivity contribution in [2.75, 3.05) is 29.4 Å². The molecule has 0 radical (unpaired) electrons. The van der Waals surface area contributed by atoms with Crippen LogP contribution in [0.15, 0.2) is 29.3 Å². The highest BCUT2D eigenvalue weighted by Gasteiger charge is 2.32. The smallest absolute Gasteiger partial charge is 0.205 e. The van der Waals surface area contributed by atoms with Crippen LogP contribution in [-0.2, 0) is 0 Å². The zero-order valence-corrected chi connectivity index (χ0v) is 11.1. The predicted molar refractivity (Wildman–Crippen MR) is 74.0 cm³/mol. The molecule has 0 amide bonds. The molecule has 0 atom stereocenters. The van der Waals surface area contributed by atoms with Crippen LogP contribution in [0.25, 0.3) is 0 Å². The summed E-state index contributed by atoms with van der Waals surface area (Å²) in [6.07, 6.45) is 1.16. The quantitative estimate of drug-likeness (QED) is 0.788. The van der Waals surface area contributed by atoms with Crippen molar-refractivity contribution in [3.8, 4) is 0 Å². The van der Waals surface area contributed by atoms with E-state index >= 15 is 0 Å². The van der Waals surface area contributed by atoms with Crippen molar-refractivity contribution in [3.05, 3.63) is 24.3 Å². The number of anilines is 2. The molecular formula is C12H16BrN3. The van der Waals surface area contributed by atoms with Gasteiger partial charge in [0.1, 0.15) is 0 Å². The number of guanidine groups is 1. The molecule has 0 saturated heterocycles. The van der Waals surface area contributed by atoms with Crippen LogP contribution >= 0.6 is 17.0 Å². The number of fused-ring (bicyclic) bond motifs is 3. The molecule has 2 heterocycles. The first-order valence-electron chi connectivity index (χ1n) is 5.60. The van der Waals surface area contributed by atoms with Gasteiger partial charge < -0.3 is 9.80 Å². The topological polar surface area (TPSA) is 18.8 Å². The monoisotopic (exact) mass is 281 g/mol. The zero-order valence-electron chi connectivity index (χ0n) is 9.39. The lowest BCUT2D eigenvalue weighted by atomic mass is 10.2. The van der Waals surface area contributed by atoms with Crippen LogP contribution in [-0.4, -0.2) is 25.6 Å². The van der Waals surface area contributed by atoms with Gasteiger partial charge in [0.2, 0.25) is 5.96 Å². The summed E-state index contributed by atoms with van der Waals surface area (Å²) in [4.78, 5) is 9.26. The van der Waals surface area contributed by atoms with Gasteiger partial charge in [-0.15, -0.1) is 17.0 Å². The maximum absolute atomic E-state index is 4.63. The summed E-state index contributed by atoms with van der Waals surface area (Å²) in [7, 11) is 0. The molecular weight excluding hydrogens is 266 g/mol. The van der Waals surface area contributed by atoms with Crippen LogP contribution in [0.5, 0.6) is 0 Å². The number of aliphatic imine (C=N–C) groups is 1. The summed E-state index contributed by atoms with van der Waals surface area (Å²) < 4.78 is 0. The average molecular weight is 282 g/mol. The van der Waals surface area contributed by atoms with E-state index in [2.05, 4.69) is 46.0 Å². The van der Waals surface area contributed by atoms with Gasteiger partial charge in [-0.3, -0.25) is 4.99 Å². The second kappa shape index (κ2) is 4.45. The minimum atomic E-state index is 0. The van der Waals surface area contributed by atoms with Gasteiger partial charge in [0.05, 0.1) is 11.4 Å². The van der Waals surface area contributed by atoms with Crippen LogP contribution in [0, 0.1) is 0 Å². The fraction of sp³-hybridized carbons (Fsp3) is 0.417. The van der Waals surface area contributed by atoms with Crippen molar-refractivity contribution < 1.29 is 0 Å². The Labute approximate surface area is 107 Å². The molecule has 0 spiro atoms. The maximum Gasteiger partial charge on any atom is 0.205 e. The lowest BCUT2D eigenvalue weighted by molar-refractivity contribution is 0.787. The minimum absolute atomic E-state index is 0. The van der Waals surface area contributed by atoms with Crippen LogP contribution < -0.4 is 9.80 Å². The second-order valence-electron chi connectivity index (χ2n) is 3.92. The van der Waals surface area contributed by atoms with Gasteiger partial charge in [-0.1, -0.05) is 12.1 Å². The van der Waals surface area contributed by atoms with Crippen molar-refractivity contribution in [1.82, 2.24) is 0 Å². The molecule has 1 aromatic carbocycles. The molecule has 1 aromatic rings. The number of hydrogen-bond donors (Lipinski definition) is 0. The van der Waals surface area contributed by atoms with Crippen molar-refractivity contribution >= 4 is 34.3 Å². The molecule has 0 saturated carbocycles. The summed E-state index contributed by atoms with van der Waals surface area (Å²) in [5, 5.41) is 0. The third kappa shape index (κ3) is 1.52. The van der Waals surface area contributed by atoms with Crippen molar-refractivity contribution in [2.24, 2.45) is 4.99 Å². The Hall–Kier alpha value is -1.03. The van der Waals surface area contributed by atoms with E-state index in [-0.39, 0.29) is 17.0 Å². The molecule has 2 aliphatic rings. The predicted octanol–water partition coefficient (Wildman–Crippen LogP) is 2.67. The molecule has 2 aliphatic heterocycles. The first-order valence-corrected chi connectivity index (χ1v) is 5.60. The summed E-state index contributed by atoms with van der Waals surface area (Å²) in [6, 6.07) is 8.57. The molecule has 0 aromatic heterocycles. The third-order valence-corrected chi connectivity index (χ3v) is 3.06. The molecule has 0 aliphatic carbocycles. The van der Waals surface area contributed by atoms with Gasteiger partial charge in [0.25, 0.3) is 0 Å². The Morgan fingerprint density at radius 1 is 1.25 bits per heavy atom. The highest BCUT2D eigenvalue weighted by molar-refractivity contribution is 8.93. The Morgan fingerprint density at radius 2 is 2.00 bits per heavy atom. The molecule has 3 rings (SSSR count). The van der Waals surface area contributed by atoms with Gasteiger partial charge in [-0.25, -0.2) is 0 Å². The lowest BCUT2D eigenvalue weighted by Crippen LogP contribution is -2.41. The van der Waals surface area contributed by atoms with E-state index in [9.17, 15) is 0 Å². The number of halogens is 1. The van der Waals surface area contributed by atoms with E-state index in [1.54, 1.807) is 0 Å². The van der Waals surface area contributed by atoms with Crippen molar-refractivity contribution in [3.63, 3.8) is 0 Å². The summed E-state index contributed by atoms with van der Waals surface area (Å²) in [5.41, 5.74) is 2.62. The average Bonchev–Trinajstić information content (AvgIpc) is 2.63. The van der Waals surface area contributed by atoms with E-state index < -0.39 is 0 Å². The Morgan fingerprint density at radius 3 is 2.75 bits per heavy atom. The largest absolute Gasteiger partial charge is 0.310 e. The molecule has 0 bridgehead atoms. The van der Waals surface area contributed by atoms with Gasteiger partial charge in [-0.2, -0.15) is 0 Å². The minimum Gasteiger partial charge on any atom is -0.310 e. The lowest BCUT2D eigenvalue weighted by Gasteiger charge is -2.25. The van der Waals surface area contributed by atoms with Crippen LogP contribution in [0.2, 0.25) is 0 Å². The standard InChI is InChI=1S/C12H15N3.BrH/c1-2-14-10-6-3-4-7-11(10)15-9-5-8-13-12(14)15;/h3-4,6-7H,2,5,8-9H2,1H3;1H. The van der Waals surface area contributed by atoms with E-state index in [4.69, 9.17) is 0 Å². The first-order chi connectivity index (χ1) is 7.42. The number of nitrogens with zero attached hydrogens (tertiary/aromatic N) is 3.